The number of hydrogen-bond acceptors (Lipinski definition) is 6. The minimum absolute atomic E-state index is 0.122. The van der Waals surface area contributed by atoms with Crippen LogP contribution in [0.3, 0.4) is 0 Å². The Hall–Kier alpha value is -1.93. The second-order valence-corrected chi connectivity index (χ2v) is 8.34. The van der Waals surface area contributed by atoms with Gasteiger partial charge in [0, 0.05) is 4.88 Å². The summed E-state index contributed by atoms with van der Waals surface area (Å²) < 4.78 is 5.76. The van der Waals surface area contributed by atoms with Gasteiger partial charge in [-0.25, -0.2) is 0 Å². The predicted octanol–water partition coefficient (Wildman–Crippen LogP) is 5.05. The van der Waals surface area contributed by atoms with Crippen LogP contribution < -0.4 is 5.32 Å². The number of aryl methyl sites for hydroxylation is 2. The third-order valence-electron chi connectivity index (χ3n) is 4.07. The first kappa shape index (κ1) is 20.8. The molecule has 0 unspecified atom stereocenters. The van der Waals surface area contributed by atoms with E-state index in [2.05, 4.69) is 35.4 Å². The van der Waals surface area contributed by atoms with Crippen LogP contribution in [0.25, 0.3) is 10.8 Å². The Morgan fingerprint density at radius 1 is 1.29 bits per heavy atom. The van der Waals surface area contributed by atoms with Crippen molar-refractivity contribution in [2.75, 3.05) is 18.9 Å². The number of likely N-dealkylation sites (N-methyl/N-ethyl adjacent to an activating group) is 1. The molecule has 0 aliphatic heterocycles. The number of hydrogen-bond donors (Lipinski definition) is 1. The third-order valence-corrected chi connectivity index (χ3v) is 6.06. The molecule has 6 nitrogen and oxygen atoms in total. The molecular weight excluding hydrogens is 419 g/mol. The fraction of sp³-hybridized carbons (Fsp3) is 0.316. The Labute approximate surface area is 177 Å². The molecule has 3 aromatic rings. The summed E-state index contributed by atoms with van der Waals surface area (Å²) in [5.41, 5.74) is 1.64. The van der Waals surface area contributed by atoms with Crippen molar-refractivity contribution in [3.05, 3.63) is 50.6 Å². The maximum absolute atomic E-state index is 12.3. The van der Waals surface area contributed by atoms with Crippen LogP contribution in [0.5, 0.6) is 0 Å². The van der Waals surface area contributed by atoms with Crippen molar-refractivity contribution in [1.29, 1.82) is 0 Å². The highest BCUT2D eigenvalue weighted by Gasteiger charge is 2.16. The Bertz CT molecular complexity index is 966. The highest BCUT2D eigenvalue weighted by atomic mass is 35.5. The molecule has 0 radical (unpaired) electrons. The van der Waals surface area contributed by atoms with Gasteiger partial charge in [-0.3, -0.25) is 9.69 Å². The molecule has 9 heteroatoms. The molecule has 0 saturated heterocycles. The summed E-state index contributed by atoms with van der Waals surface area (Å²) in [6, 6.07) is 7.12. The molecule has 3 rings (SSSR count). The number of carbonyl (C=O) groups is 1. The fourth-order valence-corrected chi connectivity index (χ4v) is 4.25. The van der Waals surface area contributed by atoms with E-state index >= 15 is 0 Å². The van der Waals surface area contributed by atoms with Gasteiger partial charge in [-0.2, -0.15) is 0 Å². The summed E-state index contributed by atoms with van der Waals surface area (Å²) in [7, 11) is 1.79. The lowest BCUT2D eigenvalue weighted by atomic mass is 10.2. The van der Waals surface area contributed by atoms with Gasteiger partial charge in [0.1, 0.15) is 0 Å². The third kappa shape index (κ3) is 4.91. The van der Waals surface area contributed by atoms with E-state index in [0.29, 0.717) is 34.1 Å². The lowest BCUT2D eigenvalue weighted by Gasteiger charge is -2.15. The number of amides is 1. The number of halogens is 2. The van der Waals surface area contributed by atoms with Crippen LogP contribution in [0, 0.1) is 6.92 Å². The summed E-state index contributed by atoms with van der Waals surface area (Å²) in [6.45, 7) is 4.67. The first-order valence-corrected chi connectivity index (χ1v) is 10.3. The molecule has 0 saturated carbocycles. The van der Waals surface area contributed by atoms with Crippen molar-refractivity contribution in [3.63, 3.8) is 0 Å². The molecular formula is C19H20Cl2N4O2S. The average Bonchev–Trinajstić information content (AvgIpc) is 3.24. The molecule has 0 atom stereocenters. The standard InChI is InChI=1S/C19H20Cl2N4O2S/c1-4-14-11(2)8-15(28-14)19-24-23-17(27-19)10-25(3)9-16(26)22-18-12(20)6-5-7-13(18)21/h5-8H,4,9-10H2,1-3H3,(H,22,26). The second kappa shape index (κ2) is 9.05. The van der Waals surface area contributed by atoms with Crippen molar-refractivity contribution < 1.29 is 9.21 Å². The van der Waals surface area contributed by atoms with Crippen LogP contribution >= 0.6 is 34.5 Å². The van der Waals surface area contributed by atoms with Crippen LogP contribution in [-0.4, -0.2) is 34.6 Å². The van der Waals surface area contributed by atoms with E-state index in [-0.39, 0.29) is 12.5 Å². The van der Waals surface area contributed by atoms with E-state index in [0.717, 1.165) is 11.3 Å². The van der Waals surface area contributed by atoms with E-state index in [9.17, 15) is 4.79 Å². The molecule has 0 aliphatic rings. The van der Waals surface area contributed by atoms with Crippen molar-refractivity contribution in [1.82, 2.24) is 15.1 Å². The number of nitrogens with one attached hydrogen (secondary N) is 1. The van der Waals surface area contributed by atoms with Crippen LogP contribution in [0.1, 0.15) is 23.3 Å². The molecule has 2 aromatic heterocycles. The Kier molecular flexibility index (Phi) is 6.72. The van der Waals surface area contributed by atoms with Crippen LogP contribution in [0.2, 0.25) is 10.0 Å². The van der Waals surface area contributed by atoms with Gasteiger partial charge in [0.15, 0.2) is 0 Å². The molecule has 148 valence electrons. The number of carbonyl (C=O) groups excluding carboxylic acids is 1. The number of para-hydroxylation sites is 1. The highest BCUT2D eigenvalue weighted by Crippen LogP contribution is 2.31. The topological polar surface area (TPSA) is 71.3 Å². The molecule has 0 aliphatic carbocycles. The van der Waals surface area contributed by atoms with E-state index in [4.69, 9.17) is 27.6 Å². The van der Waals surface area contributed by atoms with E-state index in [1.165, 1.54) is 10.4 Å². The normalized spacial score (nSPS) is 11.2. The van der Waals surface area contributed by atoms with Crippen molar-refractivity contribution in [3.8, 4) is 10.8 Å². The van der Waals surface area contributed by atoms with Gasteiger partial charge >= 0.3 is 0 Å². The zero-order valence-corrected chi connectivity index (χ0v) is 18.1. The van der Waals surface area contributed by atoms with Gasteiger partial charge in [0.05, 0.1) is 33.7 Å². The van der Waals surface area contributed by atoms with Gasteiger partial charge in [0.2, 0.25) is 11.8 Å². The number of rotatable bonds is 7. The van der Waals surface area contributed by atoms with Crippen LogP contribution in [-0.2, 0) is 17.8 Å². The minimum atomic E-state index is -0.237. The summed E-state index contributed by atoms with van der Waals surface area (Å²) in [4.78, 5) is 16.3. The Morgan fingerprint density at radius 3 is 2.64 bits per heavy atom. The molecule has 0 fully saturated rings. The van der Waals surface area contributed by atoms with E-state index < -0.39 is 0 Å². The Morgan fingerprint density at radius 2 is 2.00 bits per heavy atom. The van der Waals surface area contributed by atoms with Crippen molar-refractivity contribution in [2.24, 2.45) is 0 Å². The predicted molar refractivity (Wildman–Crippen MR) is 113 cm³/mol. The monoisotopic (exact) mass is 438 g/mol. The summed E-state index contributed by atoms with van der Waals surface area (Å²) in [5.74, 6) is 0.715. The molecule has 1 amide bonds. The number of nitrogens with zero attached hydrogens (tertiary/aromatic N) is 3. The largest absolute Gasteiger partial charge is 0.419 e. The van der Waals surface area contributed by atoms with Crippen LogP contribution in [0.15, 0.2) is 28.7 Å². The lowest BCUT2D eigenvalue weighted by Crippen LogP contribution is -2.30. The lowest BCUT2D eigenvalue weighted by molar-refractivity contribution is -0.117. The second-order valence-electron chi connectivity index (χ2n) is 6.39. The SMILES string of the molecule is CCc1sc(-c2nnc(CN(C)CC(=O)Nc3c(Cl)cccc3Cl)o2)cc1C. The van der Waals surface area contributed by atoms with E-state index in [1.807, 2.05) is 0 Å². The highest BCUT2D eigenvalue weighted by molar-refractivity contribution is 7.15. The molecule has 1 aromatic carbocycles. The summed E-state index contributed by atoms with van der Waals surface area (Å²) in [5, 5.41) is 11.7. The summed E-state index contributed by atoms with van der Waals surface area (Å²) >= 11 is 13.8. The molecule has 28 heavy (non-hydrogen) atoms. The average molecular weight is 439 g/mol. The van der Waals surface area contributed by atoms with Crippen LogP contribution in [0.4, 0.5) is 5.69 Å². The van der Waals surface area contributed by atoms with Gasteiger partial charge in [-0.05, 0) is 44.2 Å². The first-order chi connectivity index (χ1) is 13.4. The van der Waals surface area contributed by atoms with Gasteiger partial charge in [-0.15, -0.1) is 21.5 Å². The zero-order chi connectivity index (χ0) is 20.3. The molecule has 0 bridgehead atoms. The summed E-state index contributed by atoms with van der Waals surface area (Å²) in [6.07, 6.45) is 0.977. The Balaban J connectivity index is 1.60. The van der Waals surface area contributed by atoms with Crippen molar-refractivity contribution >= 4 is 46.1 Å². The number of benzene rings is 1. The van der Waals surface area contributed by atoms with Gasteiger partial charge in [0.25, 0.3) is 5.89 Å². The number of anilines is 1. The van der Waals surface area contributed by atoms with Gasteiger partial charge < -0.3 is 9.73 Å². The zero-order valence-electron chi connectivity index (χ0n) is 15.8. The number of aromatic nitrogens is 2. The molecule has 0 spiro atoms. The fourth-order valence-electron chi connectivity index (χ4n) is 2.72. The quantitative estimate of drug-likeness (QED) is 0.558. The van der Waals surface area contributed by atoms with Gasteiger partial charge in [-0.1, -0.05) is 36.2 Å². The first-order valence-electron chi connectivity index (χ1n) is 8.71. The smallest absolute Gasteiger partial charge is 0.257 e. The minimum Gasteiger partial charge on any atom is -0.419 e. The number of thiophene rings is 1. The van der Waals surface area contributed by atoms with E-state index in [1.54, 1.807) is 41.5 Å². The van der Waals surface area contributed by atoms with Crippen molar-refractivity contribution in [2.45, 2.75) is 26.8 Å². The maximum atomic E-state index is 12.3. The molecule has 1 N–H and O–H groups in total. The molecule has 2 heterocycles. The maximum Gasteiger partial charge on any atom is 0.257 e.